The van der Waals surface area contributed by atoms with Crippen molar-refractivity contribution in [2.45, 2.75) is 19.8 Å². The van der Waals surface area contributed by atoms with Gasteiger partial charge < -0.3 is 0 Å². The van der Waals surface area contributed by atoms with Gasteiger partial charge in [0.2, 0.25) is 0 Å². The molecule has 0 aromatic heterocycles. The van der Waals surface area contributed by atoms with Crippen LogP contribution in [0.5, 0.6) is 0 Å². The number of unbranched alkanes of at least 4 members (excludes halogenated alkanes) is 1. The van der Waals surface area contributed by atoms with Crippen molar-refractivity contribution in [3.05, 3.63) is 6.26 Å². The van der Waals surface area contributed by atoms with Crippen LogP contribution in [-0.4, -0.2) is 14.2 Å². The molecule has 0 aromatic carbocycles. The zero-order valence-electron chi connectivity index (χ0n) is 5.05. The van der Waals surface area contributed by atoms with Gasteiger partial charge in [0.25, 0.3) is 0 Å². The Morgan fingerprint density at radius 3 is 2.12 bits per heavy atom. The molecule has 2 nitrogen and oxygen atoms in total. The van der Waals surface area contributed by atoms with Crippen LogP contribution in [0.2, 0.25) is 0 Å². The van der Waals surface area contributed by atoms with Gasteiger partial charge in [0.15, 0.2) is 9.84 Å². The topological polar surface area (TPSA) is 34.1 Å². The molecule has 0 atom stereocenters. The highest BCUT2D eigenvalue weighted by molar-refractivity contribution is 7.92. The lowest BCUT2D eigenvalue weighted by molar-refractivity contribution is 0.601. The predicted octanol–water partition coefficient (Wildman–Crippen LogP) is 0.993. The van der Waals surface area contributed by atoms with Gasteiger partial charge in [-0.05, 0) is 6.42 Å². The quantitative estimate of drug-likeness (QED) is 0.578. The molecule has 0 saturated heterocycles. The van der Waals surface area contributed by atoms with Gasteiger partial charge in [0.1, 0.15) is 0 Å². The first-order valence-electron chi connectivity index (χ1n) is 2.62. The summed E-state index contributed by atoms with van der Waals surface area (Å²) in [5.74, 6) is 0.226. The molecular weight excluding hydrogens is 124 g/mol. The largest absolute Gasteiger partial charge is 0.229 e. The van der Waals surface area contributed by atoms with Crippen LogP contribution in [0.1, 0.15) is 19.8 Å². The van der Waals surface area contributed by atoms with Gasteiger partial charge >= 0.3 is 0 Å². The fraction of sp³-hybridized carbons (Fsp3) is 0.800. The summed E-state index contributed by atoms with van der Waals surface area (Å²) in [5, 5.41) is 0. The van der Waals surface area contributed by atoms with E-state index in [4.69, 9.17) is 0 Å². The highest BCUT2D eigenvalue weighted by Gasteiger charge is 1.98. The van der Waals surface area contributed by atoms with E-state index in [1.807, 2.05) is 6.92 Å². The van der Waals surface area contributed by atoms with E-state index in [9.17, 15) is 8.42 Å². The molecule has 49 valence electrons. The molecule has 0 N–H and O–H groups in total. The number of hydrogen-bond donors (Lipinski definition) is 0. The lowest BCUT2D eigenvalue weighted by Crippen LogP contribution is -1.98. The van der Waals surface area contributed by atoms with Crippen LogP contribution >= 0.6 is 0 Å². The third kappa shape index (κ3) is 5.95. The van der Waals surface area contributed by atoms with E-state index >= 15 is 0 Å². The van der Waals surface area contributed by atoms with Crippen molar-refractivity contribution < 1.29 is 8.42 Å². The summed E-state index contributed by atoms with van der Waals surface area (Å²) in [6.45, 7) is 1.95. The van der Waals surface area contributed by atoms with E-state index in [1.165, 1.54) is 0 Å². The van der Waals surface area contributed by atoms with Crippen molar-refractivity contribution in [1.82, 2.24) is 0 Å². The SMILES string of the molecule is [CH2]S(=O)(=O)CCCC. The highest BCUT2D eigenvalue weighted by atomic mass is 32.2. The summed E-state index contributed by atoms with van der Waals surface area (Å²) in [6.07, 6.45) is 4.62. The summed E-state index contributed by atoms with van der Waals surface area (Å²) in [6, 6.07) is 0. The molecule has 3 heteroatoms. The molecule has 0 spiro atoms. The maximum absolute atomic E-state index is 10.3. The number of rotatable bonds is 3. The van der Waals surface area contributed by atoms with E-state index < -0.39 is 9.84 Å². The maximum Gasteiger partial charge on any atom is 0.151 e. The van der Waals surface area contributed by atoms with Gasteiger partial charge in [-0.1, -0.05) is 13.3 Å². The molecule has 0 aliphatic rings. The summed E-state index contributed by atoms with van der Waals surface area (Å²) in [7, 11) is -2.94. The molecule has 0 bridgehead atoms. The normalized spacial score (nSPS) is 11.8. The Morgan fingerprint density at radius 1 is 1.50 bits per heavy atom. The monoisotopic (exact) mass is 135 g/mol. The van der Waals surface area contributed by atoms with E-state index in [0.29, 0.717) is 0 Å². The van der Waals surface area contributed by atoms with Gasteiger partial charge in [-0.3, -0.25) is 0 Å². The molecule has 0 rings (SSSR count). The summed E-state index contributed by atoms with van der Waals surface area (Å²) < 4.78 is 20.6. The Kier molecular flexibility index (Phi) is 3.05. The molecule has 0 saturated carbocycles. The van der Waals surface area contributed by atoms with Crippen LogP contribution in [0, 0.1) is 6.26 Å². The molecule has 0 unspecified atom stereocenters. The van der Waals surface area contributed by atoms with Gasteiger partial charge in [0, 0.05) is 0 Å². The van der Waals surface area contributed by atoms with E-state index in [2.05, 4.69) is 6.26 Å². The molecule has 1 radical (unpaired) electrons. The van der Waals surface area contributed by atoms with Crippen molar-refractivity contribution in [2.75, 3.05) is 5.75 Å². The van der Waals surface area contributed by atoms with Crippen LogP contribution < -0.4 is 0 Å². The summed E-state index contributed by atoms with van der Waals surface area (Å²) >= 11 is 0. The second kappa shape index (κ2) is 3.07. The third-order valence-corrected chi connectivity index (χ3v) is 1.72. The van der Waals surface area contributed by atoms with Gasteiger partial charge in [-0.25, -0.2) is 8.42 Å². The average molecular weight is 135 g/mol. The van der Waals surface area contributed by atoms with Crippen LogP contribution in [0.15, 0.2) is 0 Å². The maximum atomic E-state index is 10.3. The predicted molar refractivity (Wildman–Crippen MR) is 34.1 cm³/mol. The average Bonchev–Trinajstić information content (AvgIpc) is 1.59. The van der Waals surface area contributed by atoms with E-state index in [-0.39, 0.29) is 5.75 Å². The molecule has 0 aromatic rings. The van der Waals surface area contributed by atoms with Crippen molar-refractivity contribution in [3.63, 3.8) is 0 Å². The minimum absolute atomic E-state index is 0.226. The van der Waals surface area contributed by atoms with Crippen LogP contribution in [0.4, 0.5) is 0 Å². The Morgan fingerprint density at radius 2 is 2.00 bits per heavy atom. The first-order valence-corrected chi connectivity index (χ1v) is 4.44. The van der Waals surface area contributed by atoms with Gasteiger partial charge in [-0.2, -0.15) is 0 Å². The fourth-order valence-corrected chi connectivity index (χ4v) is 1.09. The first kappa shape index (κ1) is 7.95. The minimum atomic E-state index is -2.94. The molecule has 8 heavy (non-hydrogen) atoms. The number of sulfone groups is 1. The molecular formula is C5H11O2S. The summed E-state index contributed by atoms with van der Waals surface area (Å²) in [4.78, 5) is 0. The first-order chi connectivity index (χ1) is 3.56. The van der Waals surface area contributed by atoms with Gasteiger partial charge in [-0.15, -0.1) is 0 Å². The fourth-order valence-electron chi connectivity index (χ4n) is 0.364. The Balaban J connectivity index is 3.42. The van der Waals surface area contributed by atoms with Crippen molar-refractivity contribution in [2.24, 2.45) is 0 Å². The second-order valence-corrected chi connectivity index (χ2v) is 3.70. The smallest absolute Gasteiger partial charge is 0.151 e. The molecule has 0 fully saturated rings. The van der Waals surface area contributed by atoms with E-state index in [0.717, 1.165) is 12.8 Å². The molecule has 0 heterocycles. The zero-order chi connectivity index (χ0) is 6.62. The highest BCUT2D eigenvalue weighted by Crippen LogP contribution is 1.92. The standard InChI is InChI=1S/C5H11O2S/c1-3-4-5-8(2,6)7/h2-5H2,1H3. The lowest BCUT2D eigenvalue weighted by Gasteiger charge is -1.91. The second-order valence-electron chi connectivity index (χ2n) is 1.80. The van der Waals surface area contributed by atoms with E-state index in [1.54, 1.807) is 0 Å². The van der Waals surface area contributed by atoms with Crippen LogP contribution in [0.25, 0.3) is 0 Å². The Bertz CT molecular complexity index is 135. The molecule has 0 aliphatic heterocycles. The summed E-state index contributed by atoms with van der Waals surface area (Å²) in [5.41, 5.74) is 0. The van der Waals surface area contributed by atoms with Crippen molar-refractivity contribution >= 4 is 9.84 Å². The van der Waals surface area contributed by atoms with Crippen molar-refractivity contribution in [1.29, 1.82) is 0 Å². The molecule has 0 aliphatic carbocycles. The molecule has 0 amide bonds. The van der Waals surface area contributed by atoms with Crippen LogP contribution in [0.3, 0.4) is 0 Å². The zero-order valence-corrected chi connectivity index (χ0v) is 5.87. The number of hydrogen-bond acceptors (Lipinski definition) is 2. The van der Waals surface area contributed by atoms with Crippen molar-refractivity contribution in [3.8, 4) is 0 Å². The minimum Gasteiger partial charge on any atom is -0.229 e. The third-order valence-electron chi connectivity index (χ3n) is 0.809. The van der Waals surface area contributed by atoms with Gasteiger partial charge in [0.05, 0.1) is 12.0 Å². The Labute approximate surface area is 50.8 Å². The Hall–Kier alpha value is -0.0500. The van der Waals surface area contributed by atoms with Crippen LogP contribution in [-0.2, 0) is 9.84 Å². The lowest BCUT2D eigenvalue weighted by atomic mass is 10.4.